The first-order valence-corrected chi connectivity index (χ1v) is 5.88. The second-order valence-corrected chi connectivity index (χ2v) is 4.25. The first kappa shape index (κ1) is 11.8. The van der Waals surface area contributed by atoms with Gasteiger partial charge in [0.2, 0.25) is 0 Å². The van der Waals surface area contributed by atoms with E-state index in [-0.39, 0.29) is 6.04 Å². The largest absolute Gasteiger partial charge is 0.305 e. The summed E-state index contributed by atoms with van der Waals surface area (Å²) in [5.41, 5.74) is 4.74. The van der Waals surface area contributed by atoms with Gasteiger partial charge in [-0.1, -0.05) is 30.7 Å². The van der Waals surface area contributed by atoms with Crippen molar-refractivity contribution in [2.75, 3.05) is 6.54 Å². The minimum atomic E-state index is 0.111. The molecule has 90 valence electrons. The normalized spacial score (nSPS) is 12.6. The van der Waals surface area contributed by atoms with E-state index in [4.69, 9.17) is 0 Å². The second-order valence-electron chi connectivity index (χ2n) is 4.25. The van der Waals surface area contributed by atoms with Gasteiger partial charge in [0.25, 0.3) is 0 Å². The second kappa shape index (κ2) is 5.10. The molecule has 0 aliphatic carbocycles. The van der Waals surface area contributed by atoms with Crippen LogP contribution in [0.3, 0.4) is 0 Å². The lowest BCUT2D eigenvalue weighted by molar-refractivity contribution is 0.610. The van der Waals surface area contributed by atoms with Gasteiger partial charge in [-0.3, -0.25) is 0 Å². The van der Waals surface area contributed by atoms with Gasteiger partial charge in [0, 0.05) is 0 Å². The molecule has 1 unspecified atom stereocenters. The highest BCUT2D eigenvalue weighted by Gasteiger charge is 2.17. The number of hydrogen-bond donors (Lipinski definition) is 2. The van der Waals surface area contributed by atoms with Crippen LogP contribution in [0.4, 0.5) is 0 Å². The van der Waals surface area contributed by atoms with E-state index in [1.54, 1.807) is 6.20 Å². The Kier molecular flexibility index (Phi) is 3.54. The van der Waals surface area contributed by atoms with Crippen LogP contribution in [0.5, 0.6) is 0 Å². The number of aryl methyl sites for hydroxylation is 2. The third-order valence-corrected chi connectivity index (χ3v) is 2.87. The predicted molar refractivity (Wildman–Crippen MR) is 67.8 cm³/mol. The van der Waals surface area contributed by atoms with E-state index in [1.165, 1.54) is 16.7 Å². The molecule has 4 nitrogen and oxygen atoms in total. The zero-order valence-corrected chi connectivity index (χ0v) is 10.5. The summed E-state index contributed by atoms with van der Waals surface area (Å²) in [5, 5.41) is 14.2. The van der Waals surface area contributed by atoms with Gasteiger partial charge < -0.3 is 5.32 Å². The molecule has 0 saturated heterocycles. The summed E-state index contributed by atoms with van der Waals surface area (Å²) in [6.07, 6.45) is 1.77. The van der Waals surface area contributed by atoms with Crippen molar-refractivity contribution < 1.29 is 0 Å². The molecule has 1 aromatic heterocycles. The van der Waals surface area contributed by atoms with E-state index >= 15 is 0 Å². The van der Waals surface area contributed by atoms with E-state index in [1.807, 2.05) is 0 Å². The van der Waals surface area contributed by atoms with Gasteiger partial charge in [-0.15, -0.1) is 0 Å². The number of rotatable bonds is 4. The van der Waals surface area contributed by atoms with Gasteiger partial charge in [0.05, 0.1) is 12.2 Å². The number of benzene rings is 1. The first-order valence-electron chi connectivity index (χ1n) is 5.88. The van der Waals surface area contributed by atoms with Crippen LogP contribution in [0.2, 0.25) is 0 Å². The Morgan fingerprint density at radius 3 is 2.76 bits per heavy atom. The highest BCUT2D eigenvalue weighted by atomic mass is 15.3. The molecule has 0 saturated carbocycles. The van der Waals surface area contributed by atoms with Gasteiger partial charge in [0.1, 0.15) is 5.69 Å². The standard InChI is InChI=1S/C13H18N4/c1-4-14-13(12-8-15-17-16-12)11-6-5-9(2)7-10(11)3/h5-8,13-14H,4H2,1-3H3,(H,15,16,17). The van der Waals surface area contributed by atoms with E-state index < -0.39 is 0 Å². The van der Waals surface area contributed by atoms with Crippen molar-refractivity contribution in [3.63, 3.8) is 0 Å². The molecule has 1 aromatic carbocycles. The van der Waals surface area contributed by atoms with Crippen LogP contribution in [0.15, 0.2) is 24.4 Å². The van der Waals surface area contributed by atoms with Crippen LogP contribution in [0.25, 0.3) is 0 Å². The maximum Gasteiger partial charge on any atom is 0.104 e. The van der Waals surface area contributed by atoms with E-state index in [0.717, 1.165) is 12.2 Å². The summed E-state index contributed by atoms with van der Waals surface area (Å²) in [6.45, 7) is 7.23. The summed E-state index contributed by atoms with van der Waals surface area (Å²) < 4.78 is 0. The quantitative estimate of drug-likeness (QED) is 0.846. The van der Waals surface area contributed by atoms with E-state index in [2.05, 4.69) is 59.7 Å². The molecule has 17 heavy (non-hydrogen) atoms. The summed E-state index contributed by atoms with van der Waals surface area (Å²) in [7, 11) is 0. The third kappa shape index (κ3) is 2.53. The van der Waals surface area contributed by atoms with Crippen molar-refractivity contribution in [2.24, 2.45) is 0 Å². The van der Waals surface area contributed by atoms with Gasteiger partial charge >= 0.3 is 0 Å². The molecule has 1 heterocycles. The maximum atomic E-state index is 4.18. The molecule has 0 aliphatic heterocycles. The molecule has 0 radical (unpaired) electrons. The fraction of sp³-hybridized carbons (Fsp3) is 0.385. The van der Waals surface area contributed by atoms with Crippen molar-refractivity contribution in [3.05, 3.63) is 46.8 Å². The average molecular weight is 230 g/mol. The van der Waals surface area contributed by atoms with Crippen LogP contribution in [0.1, 0.15) is 35.3 Å². The van der Waals surface area contributed by atoms with Gasteiger partial charge in [0.15, 0.2) is 0 Å². The SMILES string of the molecule is CCNC(c1cn[nH]n1)c1ccc(C)cc1C. The molecule has 0 bridgehead atoms. The zero-order valence-electron chi connectivity index (χ0n) is 10.5. The number of hydrogen-bond acceptors (Lipinski definition) is 3. The Morgan fingerprint density at radius 2 is 2.18 bits per heavy atom. The van der Waals surface area contributed by atoms with Crippen LogP contribution in [0, 0.1) is 13.8 Å². The van der Waals surface area contributed by atoms with Gasteiger partial charge in [-0.05, 0) is 31.5 Å². The Bertz CT molecular complexity index is 476. The summed E-state index contributed by atoms with van der Waals surface area (Å²) in [4.78, 5) is 0. The smallest absolute Gasteiger partial charge is 0.104 e. The molecule has 4 heteroatoms. The van der Waals surface area contributed by atoms with E-state index in [9.17, 15) is 0 Å². The summed E-state index contributed by atoms with van der Waals surface area (Å²) in [5.74, 6) is 0. The fourth-order valence-electron chi connectivity index (χ4n) is 2.08. The minimum Gasteiger partial charge on any atom is -0.305 e. The number of nitrogens with one attached hydrogen (secondary N) is 2. The van der Waals surface area contributed by atoms with Crippen LogP contribution < -0.4 is 5.32 Å². The first-order chi connectivity index (χ1) is 8.22. The molecule has 0 fully saturated rings. The number of nitrogens with zero attached hydrogens (tertiary/aromatic N) is 2. The van der Waals surface area contributed by atoms with E-state index in [0.29, 0.717) is 0 Å². The highest BCUT2D eigenvalue weighted by molar-refractivity contribution is 5.36. The lowest BCUT2D eigenvalue weighted by Crippen LogP contribution is -2.23. The monoisotopic (exact) mass is 230 g/mol. The Labute approximate surface area is 101 Å². The lowest BCUT2D eigenvalue weighted by Gasteiger charge is -2.18. The highest BCUT2D eigenvalue weighted by Crippen LogP contribution is 2.23. The van der Waals surface area contributed by atoms with Gasteiger partial charge in [-0.25, -0.2) is 0 Å². The number of aromatic nitrogens is 3. The fourth-order valence-corrected chi connectivity index (χ4v) is 2.08. The Hall–Kier alpha value is -1.68. The minimum absolute atomic E-state index is 0.111. The summed E-state index contributed by atoms with van der Waals surface area (Å²) in [6, 6.07) is 6.60. The van der Waals surface area contributed by atoms with Crippen molar-refractivity contribution in [1.82, 2.24) is 20.7 Å². The van der Waals surface area contributed by atoms with Crippen LogP contribution in [-0.2, 0) is 0 Å². The Balaban J connectivity index is 2.39. The molecule has 0 amide bonds. The molecule has 2 N–H and O–H groups in total. The molecule has 2 rings (SSSR count). The average Bonchev–Trinajstić information content (AvgIpc) is 2.80. The van der Waals surface area contributed by atoms with Crippen LogP contribution in [-0.4, -0.2) is 22.0 Å². The van der Waals surface area contributed by atoms with Crippen molar-refractivity contribution in [3.8, 4) is 0 Å². The van der Waals surface area contributed by atoms with Crippen molar-refractivity contribution in [2.45, 2.75) is 26.8 Å². The predicted octanol–water partition coefficient (Wildman–Crippen LogP) is 2.12. The maximum absolute atomic E-state index is 4.18. The van der Waals surface area contributed by atoms with Crippen LogP contribution >= 0.6 is 0 Å². The molecule has 0 spiro atoms. The molecule has 0 aliphatic rings. The third-order valence-electron chi connectivity index (χ3n) is 2.87. The molecular weight excluding hydrogens is 212 g/mol. The van der Waals surface area contributed by atoms with Gasteiger partial charge in [-0.2, -0.15) is 15.4 Å². The number of H-pyrrole nitrogens is 1. The number of aromatic amines is 1. The lowest BCUT2D eigenvalue weighted by atomic mass is 9.97. The summed E-state index contributed by atoms with van der Waals surface area (Å²) >= 11 is 0. The topological polar surface area (TPSA) is 53.6 Å². The van der Waals surface area contributed by atoms with Crippen molar-refractivity contribution in [1.29, 1.82) is 0 Å². The zero-order chi connectivity index (χ0) is 12.3. The molecular formula is C13H18N4. The molecule has 1 atom stereocenters. The van der Waals surface area contributed by atoms with Crippen molar-refractivity contribution >= 4 is 0 Å². The molecule has 2 aromatic rings. The Morgan fingerprint density at radius 1 is 1.35 bits per heavy atom.